The van der Waals surface area contributed by atoms with Gasteiger partial charge in [-0.3, -0.25) is 4.79 Å². The van der Waals surface area contributed by atoms with Crippen LogP contribution < -0.4 is 5.56 Å². The number of pyridine rings is 1. The molecule has 0 amide bonds. The van der Waals surface area contributed by atoms with Crippen molar-refractivity contribution in [3.63, 3.8) is 0 Å². The molecular formula is C12H11NO3. The van der Waals surface area contributed by atoms with E-state index in [2.05, 4.69) is 9.72 Å². The summed E-state index contributed by atoms with van der Waals surface area (Å²) in [6, 6.07) is 6.72. The molecule has 0 aliphatic heterocycles. The van der Waals surface area contributed by atoms with E-state index in [1.165, 1.54) is 13.2 Å². The van der Waals surface area contributed by atoms with Gasteiger partial charge in [-0.15, -0.1) is 0 Å². The first-order chi connectivity index (χ1) is 7.61. The molecule has 1 heterocycles. The molecule has 0 unspecified atom stereocenters. The molecule has 0 aliphatic rings. The van der Waals surface area contributed by atoms with Gasteiger partial charge in [0.05, 0.1) is 18.2 Å². The molecule has 2 aromatic rings. The summed E-state index contributed by atoms with van der Waals surface area (Å²) in [6.07, 6.45) is 0. The monoisotopic (exact) mass is 217 g/mol. The second-order valence-corrected chi connectivity index (χ2v) is 3.59. The van der Waals surface area contributed by atoms with Crippen LogP contribution in [-0.4, -0.2) is 18.1 Å². The van der Waals surface area contributed by atoms with Crippen molar-refractivity contribution in [3.05, 3.63) is 45.7 Å². The van der Waals surface area contributed by atoms with Crippen LogP contribution in [0.25, 0.3) is 10.9 Å². The number of hydrogen-bond donors (Lipinski definition) is 1. The lowest BCUT2D eigenvalue weighted by atomic mass is 10.1. The second-order valence-electron chi connectivity index (χ2n) is 3.59. The summed E-state index contributed by atoms with van der Waals surface area (Å²) < 4.78 is 4.68. The number of methoxy groups -OCH3 is 1. The molecule has 82 valence electrons. The molecule has 4 nitrogen and oxygen atoms in total. The third-order valence-electron chi connectivity index (χ3n) is 2.38. The molecular weight excluding hydrogens is 206 g/mol. The number of fused-ring (bicyclic) bond motifs is 1. The minimum atomic E-state index is -0.449. The van der Waals surface area contributed by atoms with Gasteiger partial charge in [-0.1, -0.05) is 0 Å². The zero-order chi connectivity index (χ0) is 11.7. The maximum absolute atomic E-state index is 11.5. The van der Waals surface area contributed by atoms with Gasteiger partial charge in [0.25, 0.3) is 0 Å². The lowest BCUT2D eigenvalue weighted by molar-refractivity contribution is 0.0602. The quantitative estimate of drug-likeness (QED) is 0.738. The summed E-state index contributed by atoms with van der Waals surface area (Å²) >= 11 is 0. The van der Waals surface area contributed by atoms with Crippen molar-refractivity contribution < 1.29 is 9.53 Å². The third kappa shape index (κ3) is 1.69. The summed E-state index contributed by atoms with van der Waals surface area (Å²) in [7, 11) is 1.32. The second kappa shape index (κ2) is 3.81. The maximum Gasteiger partial charge on any atom is 0.340 e. The normalized spacial score (nSPS) is 10.4. The van der Waals surface area contributed by atoms with Gasteiger partial charge >= 0.3 is 5.97 Å². The Balaban J connectivity index is 2.84. The van der Waals surface area contributed by atoms with Crippen LogP contribution in [0, 0.1) is 6.92 Å². The highest BCUT2D eigenvalue weighted by Gasteiger charge is 2.11. The molecule has 2 rings (SSSR count). The number of carbonyl (C=O) groups is 1. The molecule has 1 N–H and O–H groups in total. The van der Waals surface area contributed by atoms with Gasteiger partial charge < -0.3 is 9.72 Å². The SMILES string of the molecule is COC(=O)c1cc(C)cc2ccc(=O)[nH]c12. The van der Waals surface area contributed by atoms with E-state index in [0.29, 0.717) is 11.1 Å². The molecule has 1 aromatic heterocycles. The molecule has 4 heteroatoms. The van der Waals surface area contributed by atoms with Crippen molar-refractivity contribution in [3.8, 4) is 0 Å². The molecule has 0 bridgehead atoms. The number of aromatic amines is 1. The van der Waals surface area contributed by atoms with E-state index in [0.717, 1.165) is 10.9 Å². The van der Waals surface area contributed by atoms with Crippen LogP contribution in [0.15, 0.2) is 29.1 Å². The van der Waals surface area contributed by atoms with Crippen LogP contribution in [0.4, 0.5) is 0 Å². The summed E-state index contributed by atoms with van der Waals surface area (Å²) in [6.45, 7) is 1.89. The first kappa shape index (κ1) is 10.4. The van der Waals surface area contributed by atoms with E-state index in [1.54, 1.807) is 12.1 Å². The highest BCUT2D eigenvalue weighted by Crippen LogP contribution is 2.18. The molecule has 0 fully saturated rings. The predicted molar refractivity (Wildman–Crippen MR) is 60.6 cm³/mol. The Morgan fingerprint density at radius 1 is 1.31 bits per heavy atom. The van der Waals surface area contributed by atoms with Crippen molar-refractivity contribution in [1.29, 1.82) is 0 Å². The van der Waals surface area contributed by atoms with E-state index >= 15 is 0 Å². The average molecular weight is 217 g/mol. The minimum absolute atomic E-state index is 0.235. The fourth-order valence-corrected chi connectivity index (χ4v) is 1.69. The fraction of sp³-hybridized carbons (Fsp3) is 0.167. The molecule has 0 saturated heterocycles. The highest BCUT2D eigenvalue weighted by atomic mass is 16.5. The number of hydrogen-bond acceptors (Lipinski definition) is 3. The first-order valence-corrected chi connectivity index (χ1v) is 4.84. The molecule has 1 aromatic carbocycles. The summed E-state index contributed by atoms with van der Waals surface area (Å²) in [5, 5.41) is 0.819. The molecule has 0 aliphatic carbocycles. The molecule has 0 radical (unpaired) electrons. The third-order valence-corrected chi connectivity index (χ3v) is 2.38. The van der Waals surface area contributed by atoms with Gasteiger partial charge in [0.15, 0.2) is 0 Å². The van der Waals surface area contributed by atoms with Crippen molar-refractivity contribution >= 4 is 16.9 Å². The zero-order valence-electron chi connectivity index (χ0n) is 9.03. The first-order valence-electron chi connectivity index (χ1n) is 4.84. The van der Waals surface area contributed by atoms with Crippen molar-refractivity contribution in [2.24, 2.45) is 0 Å². The predicted octanol–water partition coefficient (Wildman–Crippen LogP) is 1.62. The van der Waals surface area contributed by atoms with Crippen molar-refractivity contribution in [2.75, 3.05) is 7.11 Å². The van der Waals surface area contributed by atoms with Crippen LogP contribution in [-0.2, 0) is 4.74 Å². The van der Waals surface area contributed by atoms with E-state index < -0.39 is 5.97 Å². The number of aryl methyl sites for hydroxylation is 1. The Hall–Kier alpha value is -2.10. The van der Waals surface area contributed by atoms with Gasteiger partial charge in [0, 0.05) is 6.07 Å². The van der Waals surface area contributed by atoms with Crippen LogP contribution in [0.1, 0.15) is 15.9 Å². The average Bonchev–Trinajstić information content (AvgIpc) is 2.27. The van der Waals surface area contributed by atoms with Gasteiger partial charge in [0.2, 0.25) is 5.56 Å². The molecule has 0 saturated carbocycles. The largest absolute Gasteiger partial charge is 0.465 e. The Labute approximate surface area is 91.9 Å². The Kier molecular flexibility index (Phi) is 2.48. The van der Waals surface area contributed by atoms with E-state index in [4.69, 9.17) is 0 Å². The number of aromatic nitrogens is 1. The van der Waals surface area contributed by atoms with Crippen LogP contribution in [0.3, 0.4) is 0 Å². The standard InChI is InChI=1S/C12H11NO3/c1-7-5-8-3-4-10(14)13-11(8)9(6-7)12(15)16-2/h3-6H,1-2H3,(H,13,14). The van der Waals surface area contributed by atoms with Gasteiger partial charge in [-0.25, -0.2) is 4.79 Å². The number of rotatable bonds is 1. The lowest BCUT2D eigenvalue weighted by Gasteiger charge is -2.05. The van der Waals surface area contributed by atoms with E-state index in [1.807, 2.05) is 13.0 Å². The highest BCUT2D eigenvalue weighted by molar-refractivity contribution is 6.02. The zero-order valence-corrected chi connectivity index (χ0v) is 9.03. The fourth-order valence-electron chi connectivity index (χ4n) is 1.69. The molecule has 0 spiro atoms. The number of benzene rings is 1. The van der Waals surface area contributed by atoms with Crippen LogP contribution in [0.2, 0.25) is 0 Å². The summed E-state index contributed by atoms with van der Waals surface area (Å²) in [5.74, 6) is -0.449. The van der Waals surface area contributed by atoms with Gasteiger partial charge in [-0.05, 0) is 36.1 Å². The van der Waals surface area contributed by atoms with Crippen LogP contribution >= 0.6 is 0 Å². The molecule has 16 heavy (non-hydrogen) atoms. The van der Waals surface area contributed by atoms with E-state index in [-0.39, 0.29) is 5.56 Å². The Morgan fingerprint density at radius 2 is 2.06 bits per heavy atom. The van der Waals surface area contributed by atoms with E-state index in [9.17, 15) is 9.59 Å². The summed E-state index contributed by atoms with van der Waals surface area (Å²) in [4.78, 5) is 25.4. The lowest BCUT2D eigenvalue weighted by Crippen LogP contribution is -2.09. The topological polar surface area (TPSA) is 59.2 Å². The Bertz CT molecular complexity index is 613. The number of ether oxygens (including phenoxy) is 1. The van der Waals surface area contributed by atoms with Gasteiger partial charge in [-0.2, -0.15) is 0 Å². The molecule has 0 atom stereocenters. The smallest absolute Gasteiger partial charge is 0.340 e. The Morgan fingerprint density at radius 3 is 2.75 bits per heavy atom. The number of carbonyl (C=O) groups excluding carboxylic acids is 1. The number of esters is 1. The van der Waals surface area contributed by atoms with Crippen LogP contribution in [0.5, 0.6) is 0 Å². The number of nitrogens with one attached hydrogen (secondary N) is 1. The number of H-pyrrole nitrogens is 1. The maximum atomic E-state index is 11.5. The van der Waals surface area contributed by atoms with Crippen molar-refractivity contribution in [1.82, 2.24) is 4.98 Å². The minimum Gasteiger partial charge on any atom is -0.465 e. The van der Waals surface area contributed by atoms with Gasteiger partial charge in [0.1, 0.15) is 0 Å². The van der Waals surface area contributed by atoms with Crippen molar-refractivity contribution in [2.45, 2.75) is 6.92 Å². The summed E-state index contributed by atoms with van der Waals surface area (Å²) in [5.41, 5.74) is 1.61.